The van der Waals surface area contributed by atoms with Crippen LogP contribution in [0, 0.1) is 0 Å². The van der Waals surface area contributed by atoms with Crippen LogP contribution in [0.25, 0.3) is 0 Å². The lowest BCUT2D eigenvalue weighted by Gasteiger charge is -2.25. The summed E-state index contributed by atoms with van der Waals surface area (Å²) in [6.45, 7) is 3.91. The number of hydrogen-bond donors (Lipinski definition) is 2. The minimum Gasteiger partial charge on any atom is -0.389 e. The third kappa shape index (κ3) is 2.77. The summed E-state index contributed by atoms with van der Waals surface area (Å²) in [7, 11) is 0. The number of carbonyl (C=O) groups is 1. The van der Waals surface area contributed by atoms with Crippen molar-refractivity contribution in [3.63, 3.8) is 0 Å². The largest absolute Gasteiger partial charge is 0.389 e. The molecule has 0 spiro atoms. The molecular weight excluding hydrogens is 216 g/mol. The third-order valence-corrected chi connectivity index (χ3v) is 3.04. The first-order chi connectivity index (χ1) is 8.18. The average molecular weight is 234 g/mol. The van der Waals surface area contributed by atoms with Crippen molar-refractivity contribution >= 4 is 11.6 Å². The van der Waals surface area contributed by atoms with E-state index < -0.39 is 6.10 Å². The lowest BCUT2D eigenvalue weighted by molar-refractivity contribution is -0.120. The van der Waals surface area contributed by atoms with Crippen LogP contribution in [0.1, 0.15) is 25.0 Å². The fourth-order valence-electron chi connectivity index (χ4n) is 2.14. The number of nitrogens with one attached hydrogen (secondary N) is 1. The molecule has 1 aromatic carbocycles. The molecular formula is C13H18N2O2. The molecule has 4 heteroatoms. The van der Waals surface area contributed by atoms with Gasteiger partial charge >= 0.3 is 0 Å². The third-order valence-electron chi connectivity index (χ3n) is 3.04. The molecule has 0 saturated carbocycles. The molecule has 0 aliphatic carbocycles. The van der Waals surface area contributed by atoms with Gasteiger partial charge in [-0.05, 0) is 13.0 Å². The Bertz CT molecular complexity index is 404. The number of nitrogens with zero attached hydrogens (tertiary/aromatic N) is 1. The molecule has 1 saturated heterocycles. The van der Waals surface area contributed by atoms with E-state index in [-0.39, 0.29) is 5.91 Å². The van der Waals surface area contributed by atoms with Crippen LogP contribution >= 0.6 is 0 Å². The Morgan fingerprint density at radius 3 is 2.88 bits per heavy atom. The summed E-state index contributed by atoms with van der Waals surface area (Å²) in [6.07, 6.45) is 0.0202. The number of aliphatic hydroxyl groups is 1. The zero-order valence-electron chi connectivity index (χ0n) is 10.0. The molecule has 0 radical (unpaired) electrons. The van der Waals surface area contributed by atoms with E-state index >= 15 is 0 Å². The van der Waals surface area contributed by atoms with E-state index in [0.717, 1.165) is 17.8 Å². The van der Waals surface area contributed by atoms with Crippen molar-refractivity contribution in [2.24, 2.45) is 0 Å². The molecule has 4 nitrogen and oxygen atoms in total. The lowest BCUT2D eigenvalue weighted by atomic mass is 10.1. The summed E-state index contributed by atoms with van der Waals surface area (Å²) in [4.78, 5) is 13.4. The maximum absolute atomic E-state index is 11.3. The van der Waals surface area contributed by atoms with Gasteiger partial charge in [-0.2, -0.15) is 0 Å². The summed E-state index contributed by atoms with van der Waals surface area (Å²) in [5.74, 6) is 0.0991. The molecule has 0 bridgehead atoms. The van der Waals surface area contributed by atoms with Crippen molar-refractivity contribution in [3.8, 4) is 0 Å². The topological polar surface area (TPSA) is 52.6 Å². The monoisotopic (exact) mass is 234 g/mol. The first-order valence-corrected chi connectivity index (χ1v) is 5.97. The Balaban J connectivity index is 2.23. The van der Waals surface area contributed by atoms with Crippen LogP contribution in [0.2, 0.25) is 0 Å². The Morgan fingerprint density at radius 1 is 1.35 bits per heavy atom. The second-order valence-corrected chi connectivity index (χ2v) is 4.32. The zero-order chi connectivity index (χ0) is 12.3. The predicted molar refractivity (Wildman–Crippen MR) is 66.9 cm³/mol. The maximum atomic E-state index is 11.3. The van der Waals surface area contributed by atoms with Crippen molar-refractivity contribution in [2.45, 2.75) is 19.4 Å². The quantitative estimate of drug-likeness (QED) is 0.804. The molecule has 2 rings (SSSR count). The van der Waals surface area contributed by atoms with E-state index in [1.54, 1.807) is 6.92 Å². The van der Waals surface area contributed by atoms with Crippen molar-refractivity contribution in [2.75, 3.05) is 24.5 Å². The number of rotatable bonds is 2. The maximum Gasteiger partial charge on any atom is 0.221 e. The predicted octanol–water partition coefficient (Wildman–Crippen LogP) is 1.07. The Hall–Kier alpha value is -1.55. The van der Waals surface area contributed by atoms with Gasteiger partial charge in [0.2, 0.25) is 5.91 Å². The van der Waals surface area contributed by atoms with Gasteiger partial charge in [-0.3, -0.25) is 4.79 Å². The number of anilines is 1. The molecule has 17 heavy (non-hydrogen) atoms. The van der Waals surface area contributed by atoms with Crippen LogP contribution in [-0.2, 0) is 4.79 Å². The number of amides is 1. The smallest absolute Gasteiger partial charge is 0.221 e. The van der Waals surface area contributed by atoms with E-state index in [2.05, 4.69) is 10.2 Å². The first kappa shape index (κ1) is 11.9. The fraction of sp³-hybridized carbons (Fsp3) is 0.462. The molecule has 1 aliphatic rings. The van der Waals surface area contributed by atoms with Gasteiger partial charge < -0.3 is 15.3 Å². The highest BCUT2D eigenvalue weighted by Crippen LogP contribution is 2.26. The van der Waals surface area contributed by atoms with Gasteiger partial charge in [0, 0.05) is 37.3 Å². The van der Waals surface area contributed by atoms with E-state index in [1.165, 1.54) is 0 Å². The summed E-state index contributed by atoms with van der Waals surface area (Å²) in [5, 5.41) is 12.6. The molecule has 1 fully saturated rings. The summed E-state index contributed by atoms with van der Waals surface area (Å²) >= 11 is 0. The Kier molecular flexibility index (Phi) is 3.64. The van der Waals surface area contributed by atoms with Gasteiger partial charge in [0.15, 0.2) is 0 Å². The molecule has 1 aliphatic heterocycles. The molecule has 1 unspecified atom stereocenters. The molecule has 1 heterocycles. The highest BCUT2D eigenvalue weighted by atomic mass is 16.3. The molecule has 2 N–H and O–H groups in total. The number of carbonyl (C=O) groups excluding carboxylic acids is 1. The molecule has 1 amide bonds. The molecule has 1 aromatic rings. The average Bonchev–Trinajstić information content (AvgIpc) is 2.54. The number of benzene rings is 1. The second kappa shape index (κ2) is 5.19. The minimum atomic E-state index is -0.488. The molecule has 0 aromatic heterocycles. The van der Waals surface area contributed by atoms with E-state index in [0.29, 0.717) is 19.5 Å². The minimum absolute atomic E-state index is 0.0991. The Labute approximate surface area is 101 Å². The van der Waals surface area contributed by atoms with Gasteiger partial charge in [0.05, 0.1) is 6.10 Å². The van der Waals surface area contributed by atoms with Crippen LogP contribution in [0.4, 0.5) is 5.69 Å². The van der Waals surface area contributed by atoms with Crippen molar-refractivity contribution < 1.29 is 9.90 Å². The van der Waals surface area contributed by atoms with Gasteiger partial charge in [-0.15, -0.1) is 0 Å². The highest BCUT2D eigenvalue weighted by Gasteiger charge is 2.17. The number of aliphatic hydroxyl groups excluding tert-OH is 1. The van der Waals surface area contributed by atoms with Gasteiger partial charge in [0.25, 0.3) is 0 Å². The van der Waals surface area contributed by atoms with E-state index in [4.69, 9.17) is 0 Å². The normalized spacial score (nSPS) is 18.5. The molecule has 92 valence electrons. The summed E-state index contributed by atoms with van der Waals surface area (Å²) in [5.41, 5.74) is 1.95. The van der Waals surface area contributed by atoms with Crippen LogP contribution in [-0.4, -0.2) is 30.6 Å². The van der Waals surface area contributed by atoms with Crippen molar-refractivity contribution in [3.05, 3.63) is 29.8 Å². The highest BCUT2D eigenvalue weighted by molar-refractivity contribution is 5.77. The van der Waals surface area contributed by atoms with Crippen LogP contribution in [0.15, 0.2) is 24.3 Å². The Morgan fingerprint density at radius 2 is 2.12 bits per heavy atom. The van der Waals surface area contributed by atoms with E-state index in [9.17, 15) is 9.90 Å². The van der Waals surface area contributed by atoms with Crippen LogP contribution in [0.3, 0.4) is 0 Å². The van der Waals surface area contributed by atoms with Gasteiger partial charge in [0.1, 0.15) is 0 Å². The van der Waals surface area contributed by atoms with Crippen LogP contribution < -0.4 is 10.2 Å². The van der Waals surface area contributed by atoms with Gasteiger partial charge in [-0.1, -0.05) is 18.2 Å². The molecule has 1 atom stereocenters. The standard InChI is InChI=1S/C13H18N2O2/c1-10(16)11-4-2-3-5-12(11)15-8-6-13(17)14-7-9-15/h2-5,10,16H,6-9H2,1H3,(H,14,17). The second-order valence-electron chi connectivity index (χ2n) is 4.32. The van der Waals surface area contributed by atoms with Gasteiger partial charge in [-0.25, -0.2) is 0 Å². The van der Waals surface area contributed by atoms with Crippen molar-refractivity contribution in [1.29, 1.82) is 0 Å². The lowest BCUT2D eigenvalue weighted by Crippen LogP contribution is -2.29. The SMILES string of the molecule is CC(O)c1ccccc1N1CCNC(=O)CC1. The van der Waals surface area contributed by atoms with E-state index in [1.807, 2.05) is 24.3 Å². The number of hydrogen-bond acceptors (Lipinski definition) is 3. The fourth-order valence-corrected chi connectivity index (χ4v) is 2.14. The zero-order valence-corrected chi connectivity index (χ0v) is 10.0. The first-order valence-electron chi connectivity index (χ1n) is 5.97. The number of para-hydroxylation sites is 1. The summed E-state index contributed by atoms with van der Waals surface area (Å²) < 4.78 is 0. The van der Waals surface area contributed by atoms with Crippen LogP contribution in [0.5, 0.6) is 0 Å². The summed E-state index contributed by atoms with van der Waals surface area (Å²) in [6, 6.07) is 7.81. The van der Waals surface area contributed by atoms with Crippen molar-refractivity contribution in [1.82, 2.24) is 5.32 Å².